The molecule has 0 N–H and O–H groups in total. The maximum atomic E-state index is 2.50. The van der Waals surface area contributed by atoms with Gasteiger partial charge in [0.2, 0.25) is 0 Å². The van der Waals surface area contributed by atoms with E-state index < -0.39 is 0 Å². The van der Waals surface area contributed by atoms with Gasteiger partial charge in [0.25, 0.3) is 0 Å². The first kappa shape index (κ1) is 40.5. The van der Waals surface area contributed by atoms with E-state index >= 15 is 0 Å². The van der Waals surface area contributed by atoms with Crippen molar-refractivity contribution >= 4 is 49.6 Å². The SMILES string of the molecule is CC1(C)c2cc(-c3cccc(N(c4cccc(-c5ccc6c7ccccc7n(-c7ccccc7)c6c5)c4)c4ccccc4-c4ccccc4)c3-c3ccccc3)ccc2-c2c1ccc1ccccc21. The van der Waals surface area contributed by atoms with Gasteiger partial charge in [0.05, 0.1) is 22.4 Å². The number of nitrogens with zero attached hydrogens (tertiary/aromatic N) is 2. The zero-order chi connectivity index (χ0) is 46.1. The van der Waals surface area contributed by atoms with Gasteiger partial charge in [0.1, 0.15) is 0 Å². The molecule has 1 aliphatic rings. The molecule has 2 heteroatoms. The van der Waals surface area contributed by atoms with Crippen LogP contribution >= 0.6 is 0 Å². The highest BCUT2D eigenvalue weighted by Gasteiger charge is 2.37. The zero-order valence-electron chi connectivity index (χ0n) is 38.6. The third-order valence-electron chi connectivity index (χ3n) is 14.6. The minimum absolute atomic E-state index is 0.172. The summed E-state index contributed by atoms with van der Waals surface area (Å²) in [6, 6.07) is 93.7. The highest BCUT2D eigenvalue weighted by molar-refractivity contribution is 6.10. The van der Waals surface area contributed by atoms with Gasteiger partial charge >= 0.3 is 0 Å². The van der Waals surface area contributed by atoms with Crippen molar-refractivity contribution in [2.24, 2.45) is 0 Å². The summed E-state index contributed by atoms with van der Waals surface area (Å²) < 4.78 is 2.40. The summed E-state index contributed by atoms with van der Waals surface area (Å²) >= 11 is 0. The second kappa shape index (κ2) is 16.3. The molecule has 326 valence electrons. The summed E-state index contributed by atoms with van der Waals surface area (Å²) in [5.41, 5.74) is 21.4. The van der Waals surface area contributed by atoms with Gasteiger partial charge in [0, 0.05) is 38.7 Å². The Labute approximate surface area is 403 Å². The Morgan fingerprint density at radius 2 is 0.942 bits per heavy atom. The van der Waals surface area contributed by atoms with Gasteiger partial charge in [-0.2, -0.15) is 0 Å². The van der Waals surface area contributed by atoms with Crippen LogP contribution in [0.25, 0.3) is 93.9 Å². The molecule has 0 saturated carbocycles. The van der Waals surface area contributed by atoms with Crippen molar-refractivity contribution in [2.45, 2.75) is 19.3 Å². The molecular formula is C67H48N2. The Hall–Kier alpha value is -8.72. The molecule has 0 radical (unpaired) electrons. The molecule has 0 amide bonds. The highest BCUT2D eigenvalue weighted by atomic mass is 15.1. The molecule has 69 heavy (non-hydrogen) atoms. The van der Waals surface area contributed by atoms with Crippen LogP contribution in [0, 0.1) is 0 Å². The maximum Gasteiger partial charge on any atom is 0.0547 e. The topological polar surface area (TPSA) is 8.17 Å². The molecule has 1 aromatic heterocycles. The van der Waals surface area contributed by atoms with Gasteiger partial charge in [-0.05, 0) is 121 Å². The lowest BCUT2D eigenvalue weighted by atomic mass is 9.81. The Balaban J connectivity index is 1.03. The van der Waals surface area contributed by atoms with Crippen molar-refractivity contribution in [2.75, 3.05) is 4.90 Å². The molecular weight excluding hydrogens is 833 g/mol. The van der Waals surface area contributed by atoms with E-state index in [0.29, 0.717) is 0 Å². The number of rotatable bonds is 8. The lowest BCUT2D eigenvalue weighted by molar-refractivity contribution is 0.661. The van der Waals surface area contributed by atoms with E-state index in [2.05, 4.69) is 278 Å². The first-order chi connectivity index (χ1) is 34.0. The fourth-order valence-corrected chi connectivity index (χ4v) is 11.3. The number of anilines is 3. The second-order valence-electron chi connectivity index (χ2n) is 18.8. The van der Waals surface area contributed by atoms with Gasteiger partial charge < -0.3 is 9.47 Å². The van der Waals surface area contributed by atoms with Crippen LogP contribution in [0.4, 0.5) is 17.1 Å². The van der Waals surface area contributed by atoms with Gasteiger partial charge in [-0.1, -0.05) is 214 Å². The van der Waals surface area contributed by atoms with Crippen LogP contribution in [0.15, 0.2) is 255 Å². The molecule has 2 nitrogen and oxygen atoms in total. The summed E-state index contributed by atoms with van der Waals surface area (Å²) in [4.78, 5) is 2.50. The summed E-state index contributed by atoms with van der Waals surface area (Å²) in [5, 5.41) is 5.08. The molecule has 12 aromatic rings. The Morgan fingerprint density at radius 1 is 0.333 bits per heavy atom. The quantitative estimate of drug-likeness (QED) is 0.148. The number of para-hydroxylation sites is 3. The van der Waals surface area contributed by atoms with Crippen LogP contribution in [0.2, 0.25) is 0 Å². The van der Waals surface area contributed by atoms with Gasteiger partial charge in [0.15, 0.2) is 0 Å². The zero-order valence-corrected chi connectivity index (χ0v) is 38.6. The normalized spacial score (nSPS) is 12.6. The smallest absolute Gasteiger partial charge is 0.0547 e. The Bertz CT molecular complexity index is 3920. The molecule has 0 saturated heterocycles. The number of hydrogen-bond donors (Lipinski definition) is 0. The van der Waals surface area contributed by atoms with Crippen LogP contribution in [0.5, 0.6) is 0 Å². The largest absolute Gasteiger partial charge is 0.309 e. The second-order valence-corrected chi connectivity index (χ2v) is 18.8. The van der Waals surface area contributed by atoms with Crippen molar-refractivity contribution in [3.63, 3.8) is 0 Å². The van der Waals surface area contributed by atoms with Crippen LogP contribution in [-0.2, 0) is 5.41 Å². The number of benzene rings is 11. The molecule has 13 rings (SSSR count). The van der Waals surface area contributed by atoms with Crippen molar-refractivity contribution in [1.29, 1.82) is 0 Å². The van der Waals surface area contributed by atoms with Crippen molar-refractivity contribution in [3.05, 3.63) is 266 Å². The predicted molar refractivity (Wildman–Crippen MR) is 292 cm³/mol. The van der Waals surface area contributed by atoms with Gasteiger partial charge in [-0.3, -0.25) is 0 Å². The maximum absolute atomic E-state index is 2.50. The molecule has 0 atom stereocenters. The molecule has 11 aromatic carbocycles. The van der Waals surface area contributed by atoms with Crippen LogP contribution in [0.1, 0.15) is 25.0 Å². The fraction of sp³-hybridized carbons (Fsp3) is 0.0448. The first-order valence-corrected chi connectivity index (χ1v) is 24.0. The first-order valence-electron chi connectivity index (χ1n) is 24.0. The number of hydrogen-bond acceptors (Lipinski definition) is 1. The van der Waals surface area contributed by atoms with Gasteiger partial charge in [-0.25, -0.2) is 0 Å². The van der Waals surface area contributed by atoms with Gasteiger partial charge in [-0.15, -0.1) is 0 Å². The molecule has 0 bridgehead atoms. The van der Waals surface area contributed by atoms with Crippen LogP contribution < -0.4 is 4.90 Å². The number of aromatic nitrogens is 1. The average Bonchev–Trinajstić information content (AvgIpc) is 3.87. The van der Waals surface area contributed by atoms with Crippen molar-refractivity contribution < 1.29 is 0 Å². The summed E-state index contributed by atoms with van der Waals surface area (Å²) in [6.45, 7) is 4.78. The van der Waals surface area contributed by atoms with E-state index in [1.54, 1.807) is 0 Å². The predicted octanol–water partition coefficient (Wildman–Crippen LogP) is 18.4. The lowest BCUT2D eigenvalue weighted by Gasteiger charge is -2.31. The minimum atomic E-state index is -0.172. The summed E-state index contributed by atoms with van der Waals surface area (Å²) in [6.07, 6.45) is 0. The monoisotopic (exact) mass is 880 g/mol. The molecule has 1 aliphatic carbocycles. The van der Waals surface area contributed by atoms with E-state index in [4.69, 9.17) is 0 Å². The summed E-state index contributed by atoms with van der Waals surface area (Å²) in [7, 11) is 0. The molecule has 0 spiro atoms. The molecule has 0 fully saturated rings. The highest BCUT2D eigenvalue weighted by Crippen LogP contribution is 2.54. The Morgan fingerprint density at radius 3 is 1.77 bits per heavy atom. The minimum Gasteiger partial charge on any atom is -0.309 e. The van der Waals surface area contributed by atoms with Crippen molar-refractivity contribution in [3.8, 4) is 61.3 Å². The summed E-state index contributed by atoms with van der Waals surface area (Å²) in [5.74, 6) is 0. The van der Waals surface area contributed by atoms with E-state index in [0.717, 1.165) is 45.0 Å². The Kier molecular flexibility index (Phi) is 9.55. The van der Waals surface area contributed by atoms with E-state index in [-0.39, 0.29) is 5.41 Å². The van der Waals surface area contributed by atoms with E-state index in [9.17, 15) is 0 Å². The fourth-order valence-electron chi connectivity index (χ4n) is 11.3. The van der Waals surface area contributed by atoms with E-state index in [1.165, 1.54) is 77.1 Å². The standard InChI is InChI=1S/C67H48N2/c1-67(2)59-41-38-46-22-12-13-30-54(46)66(59)58-40-37-50(43-60(58)67)55-32-19-35-63(65(55)47-23-8-4-9-24-47)69(61-33-16-14-29-53(61)45-20-6-3-7-21-45)52-28-18-25-48(42-52)49-36-39-57-56-31-15-17-34-62(56)68(64(57)44-49)51-26-10-5-11-27-51/h3-44H,1-2H3. The molecule has 0 aliphatic heterocycles. The van der Waals surface area contributed by atoms with Crippen LogP contribution in [0.3, 0.4) is 0 Å². The number of fused-ring (bicyclic) bond motifs is 8. The third kappa shape index (κ3) is 6.63. The average molecular weight is 881 g/mol. The molecule has 1 heterocycles. The van der Waals surface area contributed by atoms with E-state index in [1.807, 2.05) is 0 Å². The van der Waals surface area contributed by atoms with Crippen LogP contribution in [-0.4, -0.2) is 4.57 Å². The lowest BCUT2D eigenvalue weighted by Crippen LogP contribution is -2.15. The third-order valence-corrected chi connectivity index (χ3v) is 14.6. The van der Waals surface area contributed by atoms with Crippen molar-refractivity contribution in [1.82, 2.24) is 4.57 Å². The molecule has 0 unspecified atom stereocenters.